The number of pyridine rings is 1. The summed E-state index contributed by atoms with van der Waals surface area (Å²) in [6.07, 6.45) is 3.56. The normalized spacial score (nSPS) is 30.6. The minimum atomic E-state index is -0.764. The number of aromatic nitrogens is 1. The first-order valence-electron chi connectivity index (χ1n) is 6.68. The van der Waals surface area contributed by atoms with Gasteiger partial charge >= 0.3 is 0 Å². The molecule has 102 valence electrons. The van der Waals surface area contributed by atoms with Crippen molar-refractivity contribution in [2.45, 2.75) is 25.4 Å². The maximum Gasteiger partial charge on any atom is 0.276 e. The van der Waals surface area contributed by atoms with E-state index in [0.29, 0.717) is 19.0 Å². The molecule has 0 spiro atoms. The molecule has 1 aliphatic carbocycles. The number of aliphatic hydroxyl groups is 1. The van der Waals surface area contributed by atoms with Crippen LogP contribution in [0.5, 0.6) is 5.75 Å². The summed E-state index contributed by atoms with van der Waals surface area (Å²) >= 11 is 0. The lowest BCUT2D eigenvalue weighted by atomic mass is 9.88. The van der Waals surface area contributed by atoms with E-state index in [2.05, 4.69) is 4.98 Å². The second-order valence-corrected chi connectivity index (χ2v) is 5.72. The smallest absolute Gasteiger partial charge is 0.276 e. The van der Waals surface area contributed by atoms with Crippen molar-refractivity contribution in [1.82, 2.24) is 9.88 Å². The van der Waals surface area contributed by atoms with Crippen LogP contribution in [0.25, 0.3) is 0 Å². The van der Waals surface area contributed by atoms with E-state index in [-0.39, 0.29) is 23.3 Å². The van der Waals surface area contributed by atoms with Crippen LogP contribution in [0.15, 0.2) is 18.3 Å². The third-order valence-corrected chi connectivity index (χ3v) is 4.35. The molecule has 2 fully saturated rings. The summed E-state index contributed by atoms with van der Waals surface area (Å²) in [5.74, 6) is -0.0315. The molecule has 0 bridgehead atoms. The van der Waals surface area contributed by atoms with Gasteiger partial charge in [0.2, 0.25) is 0 Å². The lowest BCUT2D eigenvalue weighted by Gasteiger charge is -2.26. The Morgan fingerprint density at radius 1 is 1.53 bits per heavy atom. The van der Waals surface area contributed by atoms with Gasteiger partial charge in [-0.15, -0.1) is 0 Å². The summed E-state index contributed by atoms with van der Waals surface area (Å²) in [6, 6.07) is 3.03. The van der Waals surface area contributed by atoms with E-state index in [1.165, 1.54) is 12.3 Å². The minimum absolute atomic E-state index is 0.0646. The molecule has 5 heteroatoms. The average Bonchev–Trinajstić information content (AvgIpc) is 3.18. The van der Waals surface area contributed by atoms with E-state index >= 15 is 0 Å². The molecule has 19 heavy (non-hydrogen) atoms. The average molecular weight is 262 g/mol. The first-order chi connectivity index (χ1) is 9.02. The number of β-amino-alcohol motifs (C(OH)–C–C–N with tert-alkyl or cyclic N) is 1. The minimum Gasteiger partial charge on any atom is -0.505 e. The van der Waals surface area contributed by atoms with Crippen molar-refractivity contribution in [2.75, 3.05) is 13.1 Å². The highest BCUT2D eigenvalue weighted by atomic mass is 16.3. The number of hydrogen-bond donors (Lipinski definition) is 2. The van der Waals surface area contributed by atoms with Gasteiger partial charge in [-0.1, -0.05) is 6.92 Å². The van der Waals surface area contributed by atoms with Crippen LogP contribution in [0.3, 0.4) is 0 Å². The van der Waals surface area contributed by atoms with Crippen molar-refractivity contribution in [3.63, 3.8) is 0 Å². The summed E-state index contributed by atoms with van der Waals surface area (Å²) in [7, 11) is 0. The molecule has 1 aromatic heterocycles. The van der Waals surface area contributed by atoms with Gasteiger partial charge < -0.3 is 15.1 Å². The van der Waals surface area contributed by atoms with E-state index in [0.717, 1.165) is 12.8 Å². The highest BCUT2D eigenvalue weighted by Crippen LogP contribution is 2.47. The van der Waals surface area contributed by atoms with Crippen molar-refractivity contribution < 1.29 is 15.0 Å². The number of rotatable bonds is 2. The van der Waals surface area contributed by atoms with E-state index in [9.17, 15) is 15.0 Å². The van der Waals surface area contributed by atoms with Crippen molar-refractivity contribution in [3.8, 4) is 5.75 Å². The van der Waals surface area contributed by atoms with Gasteiger partial charge in [-0.25, -0.2) is 4.98 Å². The van der Waals surface area contributed by atoms with Crippen LogP contribution < -0.4 is 0 Å². The highest BCUT2D eigenvalue weighted by Gasteiger charge is 2.53. The van der Waals surface area contributed by atoms with Crippen LogP contribution >= 0.6 is 0 Å². The van der Waals surface area contributed by atoms with Crippen molar-refractivity contribution in [1.29, 1.82) is 0 Å². The molecule has 2 N–H and O–H groups in total. The molecular weight excluding hydrogens is 244 g/mol. The zero-order valence-corrected chi connectivity index (χ0v) is 10.9. The Labute approximate surface area is 111 Å². The van der Waals surface area contributed by atoms with E-state index in [1.54, 1.807) is 11.0 Å². The summed E-state index contributed by atoms with van der Waals surface area (Å²) in [5, 5.41) is 20.3. The van der Waals surface area contributed by atoms with Crippen molar-refractivity contribution in [2.24, 2.45) is 11.8 Å². The van der Waals surface area contributed by atoms with Crippen LogP contribution in [0.1, 0.15) is 30.3 Å². The standard InChI is InChI=1S/C14H18N2O3/c1-9-7-16(8-14(9,19)10-4-5-10)13(18)12-11(17)3-2-6-15-12/h2-3,6,9-10,17,19H,4-5,7-8H2,1H3/t9-,14+/m0/s1. The zero-order chi connectivity index (χ0) is 13.6. The van der Waals surface area contributed by atoms with Gasteiger partial charge in [0.15, 0.2) is 5.69 Å². The molecule has 1 amide bonds. The van der Waals surface area contributed by atoms with Crippen molar-refractivity contribution >= 4 is 5.91 Å². The van der Waals surface area contributed by atoms with Crippen LogP contribution in [-0.2, 0) is 0 Å². The molecule has 1 aromatic rings. The van der Waals surface area contributed by atoms with E-state index < -0.39 is 5.60 Å². The predicted molar refractivity (Wildman–Crippen MR) is 68.6 cm³/mol. The highest BCUT2D eigenvalue weighted by molar-refractivity contribution is 5.95. The number of amides is 1. The lowest BCUT2D eigenvalue weighted by Crippen LogP contribution is -2.40. The summed E-state index contributed by atoms with van der Waals surface area (Å²) in [4.78, 5) is 17.9. The molecule has 2 atom stereocenters. The molecule has 3 rings (SSSR count). The van der Waals surface area contributed by atoms with Crippen LogP contribution in [-0.4, -0.2) is 44.7 Å². The second-order valence-electron chi connectivity index (χ2n) is 5.72. The number of nitrogens with zero attached hydrogens (tertiary/aromatic N) is 2. The monoisotopic (exact) mass is 262 g/mol. The lowest BCUT2D eigenvalue weighted by molar-refractivity contribution is -0.00369. The van der Waals surface area contributed by atoms with Gasteiger partial charge in [0, 0.05) is 18.7 Å². The van der Waals surface area contributed by atoms with Gasteiger partial charge in [0.25, 0.3) is 5.91 Å². The third-order valence-electron chi connectivity index (χ3n) is 4.35. The number of aromatic hydroxyl groups is 1. The van der Waals surface area contributed by atoms with E-state index in [1.807, 2.05) is 6.92 Å². The van der Waals surface area contributed by atoms with Gasteiger partial charge in [-0.2, -0.15) is 0 Å². The maximum atomic E-state index is 12.3. The molecular formula is C14H18N2O3. The van der Waals surface area contributed by atoms with Crippen LogP contribution in [0, 0.1) is 11.8 Å². The molecule has 0 unspecified atom stereocenters. The Hall–Kier alpha value is -1.62. The molecule has 5 nitrogen and oxygen atoms in total. The quantitative estimate of drug-likeness (QED) is 0.834. The summed E-state index contributed by atoms with van der Waals surface area (Å²) < 4.78 is 0. The van der Waals surface area contributed by atoms with Gasteiger partial charge in [-0.05, 0) is 30.9 Å². The third kappa shape index (κ3) is 1.98. The maximum absolute atomic E-state index is 12.3. The van der Waals surface area contributed by atoms with Crippen molar-refractivity contribution in [3.05, 3.63) is 24.0 Å². The number of carbonyl (C=O) groups excluding carboxylic acids is 1. The largest absolute Gasteiger partial charge is 0.505 e. The molecule has 2 aliphatic rings. The van der Waals surface area contributed by atoms with Crippen LogP contribution in [0.2, 0.25) is 0 Å². The first-order valence-corrected chi connectivity index (χ1v) is 6.68. The van der Waals surface area contributed by atoms with Crippen LogP contribution in [0.4, 0.5) is 0 Å². The first kappa shape index (κ1) is 12.4. The fraction of sp³-hybridized carbons (Fsp3) is 0.571. The van der Waals surface area contributed by atoms with Gasteiger partial charge in [-0.3, -0.25) is 4.79 Å². The summed E-state index contributed by atoms with van der Waals surface area (Å²) in [5.41, 5.74) is -0.699. The second kappa shape index (κ2) is 4.20. The zero-order valence-electron chi connectivity index (χ0n) is 10.9. The Morgan fingerprint density at radius 3 is 2.89 bits per heavy atom. The fourth-order valence-electron chi connectivity index (χ4n) is 3.00. The molecule has 0 aromatic carbocycles. The fourth-order valence-corrected chi connectivity index (χ4v) is 3.00. The Bertz CT molecular complexity index is 515. The van der Waals surface area contributed by atoms with Gasteiger partial charge in [0.05, 0.1) is 12.1 Å². The number of carbonyl (C=O) groups is 1. The van der Waals surface area contributed by atoms with Gasteiger partial charge in [0.1, 0.15) is 5.75 Å². The van der Waals surface area contributed by atoms with E-state index in [4.69, 9.17) is 0 Å². The number of likely N-dealkylation sites (tertiary alicyclic amines) is 1. The molecule has 1 saturated carbocycles. The molecule has 0 radical (unpaired) electrons. The predicted octanol–water partition coefficient (Wildman–Crippen LogP) is 1.02. The number of hydrogen-bond acceptors (Lipinski definition) is 4. The molecule has 1 saturated heterocycles. The Morgan fingerprint density at radius 2 is 2.26 bits per heavy atom. The Kier molecular flexibility index (Phi) is 2.74. The Balaban J connectivity index is 1.81. The topological polar surface area (TPSA) is 73.7 Å². The molecule has 2 heterocycles. The SMILES string of the molecule is C[C@H]1CN(C(=O)c2ncccc2O)C[C@]1(O)C1CC1. The molecule has 1 aliphatic heterocycles. The summed E-state index contributed by atoms with van der Waals surface area (Å²) in [6.45, 7) is 2.83.